The minimum Gasteiger partial charge on any atom is -0.497 e. The van der Waals surface area contributed by atoms with Crippen molar-refractivity contribution in [2.45, 2.75) is 30.7 Å². The van der Waals surface area contributed by atoms with Crippen LogP contribution in [-0.4, -0.2) is 130 Å². The summed E-state index contributed by atoms with van der Waals surface area (Å²) >= 11 is 20.8. The van der Waals surface area contributed by atoms with Gasteiger partial charge >= 0.3 is 0 Å². The number of ether oxygens (including phenoxy) is 6. The Kier molecular flexibility index (Phi) is 14.7. The van der Waals surface area contributed by atoms with Crippen molar-refractivity contribution in [2.24, 2.45) is 0 Å². The lowest BCUT2D eigenvalue weighted by atomic mass is 10.1. The molecule has 2 saturated heterocycles. The van der Waals surface area contributed by atoms with Gasteiger partial charge in [0.1, 0.15) is 46.3 Å². The molecule has 6 N–H and O–H groups in total. The Morgan fingerprint density at radius 2 is 1.31 bits per heavy atom. The number of carbonyl (C=O) groups excluding carboxylic acids is 2. The van der Waals surface area contributed by atoms with Crippen LogP contribution in [0.1, 0.15) is 0 Å². The number of amides is 2. The van der Waals surface area contributed by atoms with Crippen LogP contribution in [0.15, 0.2) is 80.4 Å². The molecule has 5 aromatic heterocycles. The molecule has 0 unspecified atom stereocenters. The Labute approximate surface area is 426 Å². The van der Waals surface area contributed by atoms with Crippen LogP contribution < -0.4 is 45.9 Å². The van der Waals surface area contributed by atoms with Crippen molar-refractivity contribution >= 4 is 86.1 Å². The zero-order chi connectivity index (χ0) is 50.6. The number of pyridine rings is 2. The Balaban J connectivity index is 0.979. The van der Waals surface area contributed by atoms with Gasteiger partial charge in [0.05, 0.1) is 111 Å². The summed E-state index contributed by atoms with van der Waals surface area (Å²) in [5.74, 6) is 1.46. The lowest BCUT2D eigenvalue weighted by Crippen LogP contribution is -2.45. The van der Waals surface area contributed by atoms with Crippen molar-refractivity contribution in [3.63, 3.8) is 0 Å². The molecule has 372 valence electrons. The molecule has 72 heavy (non-hydrogen) atoms. The highest BCUT2D eigenvalue weighted by Crippen LogP contribution is 2.46. The van der Waals surface area contributed by atoms with E-state index in [0.29, 0.717) is 104 Å². The molecule has 2 fully saturated rings. The molecule has 9 rings (SSSR count). The van der Waals surface area contributed by atoms with Gasteiger partial charge in [0.25, 0.3) is 0 Å². The Morgan fingerprint density at radius 1 is 0.722 bits per heavy atom. The second-order valence-corrected chi connectivity index (χ2v) is 17.5. The van der Waals surface area contributed by atoms with Gasteiger partial charge in [0, 0.05) is 58.2 Å². The third-order valence-corrected chi connectivity index (χ3v) is 13.0. The fraction of sp³-hybridized carbons (Fsp3) is 0.271. The zero-order valence-corrected chi connectivity index (χ0v) is 41.1. The summed E-state index contributed by atoms with van der Waals surface area (Å²) < 4.78 is 36.0. The van der Waals surface area contributed by atoms with Gasteiger partial charge in [0.15, 0.2) is 5.82 Å². The first-order valence-electron chi connectivity index (χ1n) is 22.2. The van der Waals surface area contributed by atoms with E-state index in [2.05, 4.69) is 59.5 Å². The Morgan fingerprint density at radius 3 is 1.93 bits per heavy atom. The van der Waals surface area contributed by atoms with Crippen LogP contribution in [0.5, 0.6) is 23.0 Å². The number of aromatic nitrogens is 8. The van der Waals surface area contributed by atoms with Gasteiger partial charge in [-0.05, 0) is 30.4 Å². The van der Waals surface area contributed by atoms with Crippen LogP contribution in [0.3, 0.4) is 0 Å². The average molecular weight is 1040 g/mol. The fourth-order valence-corrected chi connectivity index (χ4v) is 9.11. The Bertz CT molecular complexity index is 3250. The number of nitrogen functional groups attached to an aromatic ring is 1. The monoisotopic (exact) mass is 1040 g/mol. The summed E-state index contributed by atoms with van der Waals surface area (Å²) in [4.78, 5) is 52.5. The quantitative estimate of drug-likeness (QED) is 0.0602. The lowest BCUT2D eigenvalue weighted by molar-refractivity contribution is -0.118. The number of fused-ring (bicyclic) bond motifs is 2. The maximum atomic E-state index is 12.1. The predicted octanol–water partition coefficient (Wildman–Crippen LogP) is 6.17. The van der Waals surface area contributed by atoms with Crippen LogP contribution in [0, 0.1) is 0 Å². The number of hydrogen-bond acceptors (Lipinski definition) is 18. The van der Waals surface area contributed by atoms with E-state index in [9.17, 15) is 9.59 Å². The average Bonchev–Trinajstić information content (AvgIpc) is 4.16. The topological polar surface area (TPSA) is 259 Å². The molecule has 2 aliphatic rings. The van der Waals surface area contributed by atoms with Crippen LogP contribution >= 0.6 is 34.8 Å². The van der Waals surface area contributed by atoms with Crippen molar-refractivity contribution in [3.8, 4) is 56.8 Å². The van der Waals surface area contributed by atoms with E-state index in [1.807, 2.05) is 12.3 Å². The van der Waals surface area contributed by atoms with E-state index < -0.39 is 0 Å². The minimum absolute atomic E-state index is 0.0865. The molecule has 2 amide bonds. The number of methoxy groups -OCH3 is 3. The van der Waals surface area contributed by atoms with Crippen molar-refractivity contribution in [3.05, 3.63) is 95.5 Å². The summed E-state index contributed by atoms with van der Waals surface area (Å²) in [5.41, 5.74) is 10.2. The second-order valence-electron chi connectivity index (χ2n) is 16.3. The van der Waals surface area contributed by atoms with E-state index in [0.717, 1.165) is 0 Å². The van der Waals surface area contributed by atoms with Gasteiger partial charge < -0.3 is 55.4 Å². The number of anilines is 3. The van der Waals surface area contributed by atoms with E-state index >= 15 is 0 Å². The second kappa shape index (κ2) is 21.4. The van der Waals surface area contributed by atoms with Crippen LogP contribution in [0.2, 0.25) is 15.1 Å². The number of hydrogen-bond donors (Lipinski definition) is 5. The molecule has 0 saturated carbocycles. The third-order valence-electron chi connectivity index (χ3n) is 11.8. The highest BCUT2D eigenvalue weighted by Gasteiger charge is 2.32. The first-order valence-corrected chi connectivity index (χ1v) is 23.3. The van der Waals surface area contributed by atoms with E-state index in [1.54, 1.807) is 54.6 Å². The molecule has 0 bridgehead atoms. The molecule has 7 heterocycles. The summed E-state index contributed by atoms with van der Waals surface area (Å²) in [6, 6.07) is 7.30. The first kappa shape index (κ1) is 49.4. The van der Waals surface area contributed by atoms with Crippen molar-refractivity contribution in [2.75, 3.05) is 70.7 Å². The zero-order valence-electron chi connectivity index (χ0n) is 38.9. The molecule has 4 atom stereocenters. The summed E-state index contributed by atoms with van der Waals surface area (Å²) in [7, 11) is 4.54. The van der Waals surface area contributed by atoms with Gasteiger partial charge in [-0.2, -0.15) is 5.10 Å². The highest BCUT2D eigenvalue weighted by molar-refractivity contribution is 6.41. The van der Waals surface area contributed by atoms with E-state index in [4.69, 9.17) is 78.9 Å². The van der Waals surface area contributed by atoms with Gasteiger partial charge in [-0.25, -0.2) is 29.9 Å². The van der Waals surface area contributed by atoms with E-state index in [1.165, 1.54) is 26.4 Å². The third kappa shape index (κ3) is 10.3. The normalized spacial score (nSPS) is 17.4. The molecule has 0 aliphatic carbocycles. The summed E-state index contributed by atoms with van der Waals surface area (Å²) in [5, 5.41) is 18.8. The Hall–Kier alpha value is -7.56. The molecule has 2 aromatic carbocycles. The highest BCUT2D eigenvalue weighted by atomic mass is 35.5. The van der Waals surface area contributed by atoms with Crippen LogP contribution in [0.4, 0.5) is 17.7 Å². The maximum Gasteiger partial charge on any atom is 0.243 e. The fourth-order valence-electron chi connectivity index (χ4n) is 8.15. The number of carbonyl (C=O) groups is 2. The predicted molar refractivity (Wildman–Crippen MR) is 272 cm³/mol. The van der Waals surface area contributed by atoms with Crippen LogP contribution in [-0.2, 0) is 25.6 Å². The number of benzene rings is 2. The number of halogens is 3. The largest absolute Gasteiger partial charge is 0.497 e. The smallest absolute Gasteiger partial charge is 0.243 e. The van der Waals surface area contributed by atoms with Gasteiger partial charge in [0.2, 0.25) is 23.7 Å². The van der Waals surface area contributed by atoms with E-state index in [-0.39, 0.29) is 82.4 Å². The van der Waals surface area contributed by atoms with Crippen molar-refractivity contribution in [1.82, 2.24) is 50.3 Å². The molecular weight excluding hydrogens is 993 g/mol. The SMILES string of the molecule is C=CC(=O)N[C@H]1COC[C@H]1Nc1ncc2cc(-c3c(Cl)c(OC)cc(OCCn4cc(-c5nc(-c6cc(OC)cc(OC)c6Cl)cc6cnc(N[C@@H]7COC[C@@H]7NC(=O)C=C)nc56)cn4)c3Cl)nc(N)c2n1. The summed E-state index contributed by atoms with van der Waals surface area (Å²) in [6.07, 6.45) is 9.15. The molecule has 24 heteroatoms. The number of nitrogens with one attached hydrogen (secondary N) is 4. The molecule has 21 nitrogen and oxygen atoms in total. The standard InChI is InChI=1S/C48H46Cl3N13O8/c1-6-37(65)56-30-19-70-21-32(30)60-47-53-15-23-10-28(27-12-26(67-3)13-34(68-4)40(27)49)58-44(43(23)62-47)25-17-55-64(18-25)8-9-72-36-14-35(69-5)41(50)39(42(36)51)29-11-24-16-54-48(63-45(24)46(52)59-29)61-33-22-71-20-31(33)57-38(66)7-2/h6-7,10-18,30-33H,1-2,8-9,19-22H2,3-5H3,(H2,52,59)(H,56,65)(H,57,66)(H,53,60,62)(H,54,61,63)/t30-,31-,32+,33+/m0/s1. The van der Waals surface area contributed by atoms with Crippen LogP contribution in [0.25, 0.3) is 55.6 Å². The molecule has 0 radical (unpaired) electrons. The molecular formula is C48H46Cl3N13O8. The minimum atomic E-state index is -0.341. The number of nitrogens with two attached hydrogens (primary N) is 1. The van der Waals surface area contributed by atoms with Gasteiger partial charge in [-0.15, -0.1) is 0 Å². The molecule has 7 aromatic rings. The maximum absolute atomic E-state index is 12.1. The number of nitrogens with zero attached hydrogens (tertiary/aromatic N) is 8. The molecule has 0 spiro atoms. The lowest BCUT2D eigenvalue weighted by Gasteiger charge is -2.20. The number of rotatable bonds is 18. The first-order chi connectivity index (χ1) is 34.9. The van der Waals surface area contributed by atoms with Crippen molar-refractivity contribution in [1.29, 1.82) is 0 Å². The molecule has 2 aliphatic heterocycles. The van der Waals surface area contributed by atoms with Gasteiger partial charge in [-0.1, -0.05) is 48.0 Å². The van der Waals surface area contributed by atoms with Gasteiger partial charge in [-0.3, -0.25) is 14.3 Å². The summed E-state index contributed by atoms with van der Waals surface area (Å²) in [6.45, 7) is 8.69. The van der Waals surface area contributed by atoms with Crippen molar-refractivity contribution < 1.29 is 38.0 Å².